The Kier molecular flexibility index (Phi) is 5.60. The molecule has 0 radical (unpaired) electrons. The lowest BCUT2D eigenvalue weighted by Crippen LogP contribution is -2.27. The van der Waals surface area contributed by atoms with Crippen molar-refractivity contribution >= 4 is 21.2 Å². The number of aromatic nitrogens is 3. The van der Waals surface area contributed by atoms with Crippen LogP contribution in [0.3, 0.4) is 0 Å². The van der Waals surface area contributed by atoms with Gasteiger partial charge in [-0.2, -0.15) is 0 Å². The molecule has 3 aromatic rings. The maximum absolute atomic E-state index is 13.4. The highest BCUT2D eigenvalue weighted by molar-refractivity contribution is 7.89. The first kappa shape index (κ1) is 19.9. The summed E-state index contributed by atoms with van der Waals surface area (Å²) in [7, 11) is -3.95. The van der Waals surface area contributed by atoms with Crippen LogP contribution in [0.15, 0.2) is 41.4 Å². The van der Waals surface area contributed by atoms with E-state index >= 15 is 0 Å². The van der Waals surface area contributed by atoms with Crippen molar-refractivity contribution in [3.8, 4) is 0 Å². The molecular weight excluding hydrogens is 398 g/mol. The van der Waals surface area contributed by atoms with Gasteiger partial charge in [0, 0.05) is 25.2 Å². The van der Waals surface area contributed by atoms with E-state index in [9.17, 15) is 17.2 Å². The van der Waals surface area contributed by atoms with Gasteiger partial charge < -0.3 is 4.57 Å². The van der Waals surface area contributed by atoms with Crippen LogP contribution in [-0.2, 0) is 16.4 Å². The zero-order chi connectivity index (χ0) is 20.4. The number of pyridine rings is 1. The maximum Gasteiger partial charge on any atom is 0.240 e. The van der Waals surface area contributed by atoms with E-state index < -0.39 is 21.7 Å². The van der Waals surface area contributed by atoms with Crippen molar-refractivity contribution < 1.29 is 17.2 Å². The minimum Gasteiger partial charge on any atom is -0.310 e. The van der Waals surface area contributed by atoms with E-state index in [0.29, 0.717) is 18.5 Å². The molecule has 4 rings (SSSR count). The van der Waals surface area contributed by atoms with Gasteiger partial charge >= 0.3 is 0 Å². The van der Waals surface area contributed by atoms with Gasteiger partial charge in [0.25, 0.3) is 0 Å². The topological polar surface area (TPSA) is 76.9 Å². The van der Waals surface area contributed by atoms with Crippen LogP contribution in [0, 0.1) is 11.6 Å². The molecule has 9 heteroatoms. The smallest absolute Gasteiger partial charge is 0.240 e. The molecule has 0 bridgehead atoms. The molecule has 1 aromatic carbocycles. The van der Waals surface area contributed by atoms with Crippen LogP contribution in [0.4, 0.5) is 8.78 Å². The molecule has 1 aliphatic carbocycles. The van der Waals surface area contributed by atoms with Crippen LogP contribution in [0.2, 0.25) is 0 Å². The quantitative estimate of drug-likeness (QED) is 0.659. The number of sulfonamides is 1. The van der Waals surface area contributed by atoms with Crippen LogP contribution < -0.4 is 4.72 Å². The van der Waals surface area contributed by atoms with Crippen LogP contribution in [0.1, 0.15) is 44.0 Å². The first-order valence-corrected chi connectivity index (χ1v) is 11.2. The molecule has 0 unspecified atom stereocenters. The number of hydrogen-bond donors (Lipinski definition) is 1. The van der Waals surface area contributed by atoms with Gasteiger partial charge in [0.05, 0.1) is 4.90 Å². The lowest BCUT2D eigenvalue weighted by atomic mass is 9.95. The fraction of sp³-hybridized carbons (Fsp3) is 0.400. The van der Waals surface area contributed by atoms with E-state index in [4.69, 9.17) is 0 Å². The fourth-order valence-electron chi connectivity index (χ4n) is 3.90. The summed E-state index contributed by atoms with van der Waals surface area (Å²) in [4.78, 5) is 8.84. The second-order valence-corrected chi connectivity index (χ2v) is 9.03. The van der Waals surface area contributed by atoms with Crippen LogP contribution in [0.5, 0.6) is 0 Å². The summed E-state index contributed by atoms with van der Waals surface area (Å²) in [5, 5.41) is 0. The SMILES string of the molecule is O=S(=O)(NCCc1nc2cccnc2n1C1CCCCC1)c1ccc(F)c(F)c1. The summed E-state index contributed by atoms with van der Waals surface area (Å²) >= 11 is 0. The maximum atomic E-state index is 13.4. The lowest BCUT2D eigenvalue weighted by molar-refractivity contribution is 0.351. The Hall–Kier alpha value is -2.39. The van der Waals surface area contributed by atoms with E-state index in [1.54, 1.807) is 6.20 Å². The average molecular weight is 420 g/mol. The van der Waals surface area contributed by atoms with Crippen LogP contribution >= 0.6 is 0 Å². The number of rotatable bonds is 6. The van der Waals surface area contributed by atoms with Crippen molar-refractivity contribution in [2.45, 2.75) is 49.5 Å². The third-order valence-corrected chi connectivity index (χ3v) is 6.76. The van der Waals surface area contributed by atoms with E-state index in [2.05, 4.69) is 19.3 Å². The van der Waals surface area contributed by atoms with Crippen LogP contribution in [-0.4, -0.2) is 29.5 Å². The Morgan fingerprint density at radius 2 is 1.90 bits per heavy atom. The van der Waals surface area contributed by atoms with Crippen molar-refractivity contribution in [1.29, 1.82) is 0 Å². The molecule has 29 heavy (non-hydrogen) atoms. The number of hydrogen-bond acceptors (Lipinski definition) is 4. The number of nitrogens with zero attached hydrogens (tertiary/aromatic N) is 3. The van der Waals surface area contributed by atoms with Gasteiger partial charge in [-0.15, -0.1) is 0 Å². The summed E-state index contributed by atoms with van der Waals surface area (Å²) < 4.78 is 55.9. The Morgan fingerprint density at radius 1 is 1.10 bits per heavy atom. The Labute approximate surface area is 168 Å². The average Bonchev–Trinajstić information content (AvgIpc) is 3.08. The molecule has 2 aromatic heterocycles. The van der Waals surface area contributed by atoms with E-state index in [0.717, 1.165) is 54.8 Å². The van der Waals surface area contributed by atoms with Gasteiger partial charge in [-0.1, -0.05) is 19.3 Å². The van der Waals surface area contributed by atoms with Gasteiger partial charge in [0.1, 0.15) is 11.3 Å². The molecule has 1 N–H and O–H groups in total. The summed E-state index contributed by atoms with van der Waals surface area (Å²) in [6.45, 7) is 0.0946. The second-order valence-electron chi connectivity index (χ2n) is 7.26. The molecule has 0 atom stereocenters. The molecule has 0 aliphatic heterocycles. The highest BCUT2D eigenvalue weighted by atomic mass is 32.2. The molecule has 6 nitrogen and oxygen atoms in total. The molecule has 154 valence electrons. The van der Waals surface area contributed by atoms with Gasteiger partial charge in [-0.3, -0.25) is 0 Å². The lowest BCUT2D eigenvalue weighted by Gasteiger charge is -2.25. The van der Waals surface area contributed by atoms with Gasteiger partial charge in [-0.05, 0) is 43.2 Å². The van der Waals surface area contributed by atoms with E-state index in [1.165, 1.54) is 6.42 Å². The van der Waals surface area contributed by atoms with Gasteiger partial charge in [-0.25, -0.2) is 31.9 Å². The normalized spacial score (nSPS) is 15.8. The molecular formula is C20H22F2N4O2S. The first-order chi connectivity index (χ1) is 14.0. The Balaban J connectivity index is 1.54. The predicted molar refractivity (Wildman–Crippen MR) is 105 cm³/mol. The van der Waals surface area contributed by atoms with Crippen molar-refractivity contribution in [2.24, 2.45) is 0 Å². The molecule has 0 amide bonds. The second kappa shape index (κ2) is 8.16. The van der Waals surface area contributed by atoms with E-state index in [-0.39, 0.29) is 11.4 Å². The molecule has 1 fully saturated rings. The summed E-state index contributed by atoms with van der Waals surface area (Å²) in [5.41, 5.74) is 1.61. The number of imidazole rings is 1. The van der Waals surface area contributed by atoms with Gasteiger partial charge in [0.2, 0.25) is 10.0 Å². The minimum absolute atomic E-state index is 0.0946. The zero-order valence-corrected chi connectivity index (χ0v) is 16.6. The molecule has 1 saturated carbocycles. The van der Waals surface area contributed by atoms with Crippen molar-refractivity contribution in [3.63, 3.8) is 0 Å². The highest BCUT2D eigenvalue weighted by Crippen LogP contribution is 2.32. The number of nitrogens with one attached hydrogen (secondary N) is 1. The van der Waals surface area contributed by atoms with Crippen molar-refractivity contribution in [2.75, 3.05) is 6.54 Å². The summed E-state index contributed by atoms with van der Waals surface area (Å²) in [6.07, 6.45) is 7.73. The van der Waals surface area contributed by atoms with E-state index in [1.807, 2.05) is 12.1 Å². The Morgan fingerprint density at radius 3 is 2.66 bits per heavy atom. The molecule has 0 saturated heterocycles. The first-order valence-electron chi connectivity index (χ1n) is 9.72. The largest absolute Gasteiger partial charge is 0.310 e. The number of benzene rings is 1. The predicted octanol–water partition coefficient (Wildman–Crippen LogP) is 3.74. The Bertz CT molecular complexity index is 1120. The third kappa shape index (κ3) is 4.16. The van der Waals surface area contributed by atoms with Crippen molar-refractivity contribution in [1.82, 2.24) is 19.3 Å². The standard InChI is InChI=1S/C20H22F2N4O2S/c21-16-9-8-15(13-17(16)22)29(27,28)24-12-10-19-25-18-7-4-11-23-20(18)26(19)14-5-2-1-3-6-14/h4,7-9,11,13-14,24H,1-3,5-6,10,12H2. The zero-order valence-electron chi connectivity index (χ0n) is 15.8. The highest BCUT2D eigenvalue weighted by Gasteiger charge is 2.23. The minimum atomic E-state index is -3.95. The summed E-state index contributed by atoms with van der Waals surface area (Å²) in [6, 6.07) is 6.56. The monoisotopic (exact) mass is 420 g/mol. The fourth-order valence-corrected chi connectivity index (χ4v) is 4.94. The van der Waals surface area contributed by atoms with Crippen LogP contribution in [0.25, 0.3) is 11.2 Å². The third-order valence-electron chi connectivity index (χ3n) is 5.30. The molecule has 0 spiro atoms. The van der Waals surface area contributed by atoms with Crippen molar-refractivity contribution in [3.05, 3.63) is 54.0 Å². The van der Waals surface area contributed by atoms with Gasteiger partial charge in [0.15, 0.2) is 17.3 Å². The molecule has 2 heterocycles. The number of fused-ring (bicyclic) bond motifs is 1. The number of halogens is 2. The molecule has 1 aliphatic rings. The summed E-state index contributed by atoms with van der Waals surface area (Å²) in [5.74, 6) is -1.51.